The van der Waals surface area contributed by atoms with Crippen molar-refractivity contribution in [1.29, 1.82) is 0 Å². The van der Waals surface area contributed by atoms with Gasteiger partial charge in [0.05, 0.1) is 11.6 Å². The average Bonchev–Trinajstić information content (AvgIpc) is 3.01. The van der Waals surface area contributed by atoms with Crippen molar-refractivity contribution < 1.29 is 14.7 Å². The summed E-state index contributed by atoms with van der Waals surface area (Å²) in [6, 6.07) is 4.25. The molecular formula is C20H29N5O3. The van der Waals surface area contributed by atoms with E-state index in [9.17, 15) is 14.7 Å². The van der Waals surface area contributed by atoms with Crippen LogP contribution in [0.5, 0.6) is 0 Å². The lowest BCUT2D eigenvalue weighted by molar-refractivity contribution is -0.151. The van der Waals surface area contributed by atoms with Crippen LogP contribution in [0.1, 0.15) is 25.3 Å². The predicted octanol–water partition coefficient (Wildman–Crippen LogP) is -0.560. The van der Waals surface area contributed by atoms with E-state index in [0.29, 0.717) is 32.6 Å². The molecule has 1 spiro atoms. The predicted molar refractivity (Wildman–Crippen MR) is 103 cm³/mol. The van der Waals surface area contributed by atoms with E-state index in [2.05, 4.69) is 26.2 Å². The van der Waals surface area contributed by atoms with Gasteiger partial charge >= 0.3 is 0 Å². The number of rotatable bonds is 5. The van der Waals surface area contributed by atoms with E-state index in [1.165, 1.54) is 12.5 Å². The zero-order valence-corrected chi connectivity index (χ0v) is 16.4. The first-order chi connectivity index (χ1) is 13.4. The van der Waals surface area contributed by atoms with Crippen LogP contribution < -0.4 is 5.32 Å². The van der Waals surface area contributed by atoms with Crippen LogP contribution in [-0.4, -0.2) is 93.6 Å². The van der Waals surface area contributed by atoms with Crippen LogP contribution in [0, 0.1) is 0 Å². The van der Waals surface area contributed by atoms with E-state index in [1.54, 1.807) is 6.20 Å². The topological polar surface area (TPSA) is 89.0 Å². The third kappa shape index (κ3) is 3.90. The molecule has 2 amide bonds. The fraction of sp³-hybridized carbons (Fsp3) is 0.650. The van der Waals surface area contributed by atoms with Crippen LogP contribution in [-0.2, 0) is 16.1 Å². The van der Waals surface area contributed by atoms with Crippen molar-refractivity contribution in [2.75, 3.05) is 39.3 Å². The fourth-order valence-corrected chi connectivity index (χ4v) is 5.03. The van der Waals surface area contributed by atoms with Gasteiger partial charge in [-0.25, -0.2) is 0 Å². The summed E-state index contributed by atoms with van der Waals surface area (Å²) in [5, 5.41) is 12.9. The SMILES string of the molecule is CC(=O)NCCC(=O)N1C[C@@H]2C[C@@H](O)CN2C2(CN(Cc3cccnc3)C2)C1. The molecule has 3 aliphatic rings. The maximum Gasteiger partial charge on any atom is 0.224 e. The molecule has 4 rings (SSSR count). The maximum absolute atomic E-state index is 12.7. The third-order valence-electron chi connectivity index (χ3n) is 6.15. The van der Waals surface area contributed by atoms with Gasteiger partial charge in [0, 0.05) is 77.6 Å². The first kappa shape index (κ1) is 19.3. The number of nitrogens with zero attached hydrogens (tertiary/aromatic N) is 4. The van der Waals surface area contributed by atoms with E-state index in [1.807, 2.05) is 17.2 Å². The van der Waals surface area contributed by atoms with Crippen molar-refractivity contribution in [3.8, 4) is 0 Å². The minimum Gasteiger partial charge on any atom is -0.392 e. The molecule has 0 aliphatic carbocycles. The highest BCUT2D eigenvalue weighted by atomic mass is 16.3. The van der Waals surface area contributed by atoms with Gasteiger partial charge < -0.3 is 15.3 Å². The molecular weight excluding hydrogens is 358 g/mol. The Hall–Kier alpha value is -2.03. The Morgan fingerprint density at radius 2 is 2.14 bits per heavy atom. The number of amides is 2. The van der Waals surface area contributed by atoms with Gasteiger partial charge in [-0.15, -0.1) is 0 Å². The van der Waals surface area contributed by atoms with E-state index >= 15 is 0 Å². The molecule has 4 heterocycles. The number of hydrogen-bond acceptors (Lipinski definition) is 6. The number of aromatic nitrogens is 1. The first-order valence-electron chi connectivity index (χ1n) is 10.0. The summed E-state index contributed by atoms with van der Waals surface area (Å²) >= 11 is 0. The van der Waals surface area contributed by atoms with Crippen molar-refractivity contribution >= 4 is 11.8 Å². The van der Waals surface area contributed by atoms with Crippen LogP contribution >= 0.6 is 0 Å². The number of pyridine rings is 1. The molecule has 0 unspecified atom stereocenters. The quantitative estimate of drug-likeness (QED) is 0.704. The van der Waals surface area contributed by atoms with Crippen molar-refractivity contribution in [2.24, 2.45) is 0 Å². The largest absolute Gasteiger partial charge is 0.392 e. The van der Waals surface area contributed by atoms with Crippen LogP contribution in [0.2, 0.25) is 0 Å². The van der Waals surface area contributed by atoms with E-state index in [0.717, 1.165) is 26.1 Å². The molecule has 0 radical (unpaired) electrons. The number of hydrogen-bond donors (Lipinski definition) is 2. The Labute approximate surface area is 165 Å². The Balaban J connectivity index is 1.40. The summed E-state index contributed by atoms with van der Waals surface area (Å²) in [4.78, 5) is 34.7. The Morgan fingerprint density at radius 3 is 2.86 bits per heavy atom. The fourth-order valence-electron chi connectivity index (χ4n) is 5.03. The maximum atomic E-state index is 12.7. The summed E-state index contributed by atoms with van der Waals surface area (Å²) in [6.45, 7) is 6.53. The number of fused-ring (bicyclic) bond motifs is 2. The lowest BCUT2D eigenvalue weighted by Gasteiger charge is -2.61. The molecule has 152 valence electrons. The van der Waals surface area contributed by atoms with Crippen molar-refractivity contribution in [2.45, 2.75) is 44.0 Å². The number of carbonyl (C=O) groups is 2. The molecule has 3 fully saturated rings. The lowest BCUT2D eigenvalue weighted by atomic mass is 9.83. The van der Waals surface area contributed by atoms with Gasteiger partial charge in [-0.1, -0.05) is 6.07 Å². The highest BCUT2D eigenvalue weighted by Gasteiger charge is 2.56. The summed E-state index contributed by atoms with van der Waals surface area (Å²) in [5.74, 6) is -0.0297. The van der Waals surface area contributed by atoms with Gasteiger partial charge in [-0.3, -0.25) is 24.4 Å². The third-order valence-corrected chi connectivity index (χ3v) is 6.15. The van der Waals surface area contributed by atoms with Crippen molar-refractivity contribution in [3.05, 3.63) is 30.1 Å². The number of aliphatic hydroxyl groups is 1. The van der Waals surface area contributed by atoms with Gasteiger partial charge in [0.2, 0.25) is 11.8 Å². The van der Waals surface area contributed by atoms with Crippen molar-refractivity contribution in [1.82, 2.24) is 25.0 Å². The minimum atomic E-state index is -0.316. The monoisotopic (exact) mass is 387 g/mol. The lowest BCUT2D eigenvalue weighted by Crippen LogP contribution is -2.78. The second-order valence-electron chi connectivity index (χ2n) is 8.43. The smallest absolute Gasteiger partial charge is 0.224 e. The zero-order valence-electron chi connectivity index (χ0n) is 16.4. The standard InChI is InChI=1S/C20H29N5O3/c1-15(26)22-6-4-19(28)24-10-17-7-18(27)11-25(17)20(14-24)12-23(13-20)9-16-3-2-5-21-8-16/h2-3,5,8,17-18,27H,4,6-7,9-14H2,1H3,(H,22,26)/t17-,18+/m0/s1. The Kier molecular flexibility index (Phi) is 5.35. The number of carbonyl (C=O) groups excluding carboxylic acids is 2. The molecule has 3 aliphatic heterocycles. The van der Waals surface area contributed by atoms with E-state index in [-0.39, 0.29) is 29.5 Å². The van der Waals surface area contributed by atoms with Gasteiger partial charge in [0.15, 0.2) is 0 Å². The number of piperazine rings is 1. The highest BCUT2D eigenvalue weighted by molar-refractivity contribution is 5.78. The molecule has 0 saturated carbocycles. The summed E-state index contributed by atoms with van der Waals surface area (Å²) < 4.78 is 0. The molecule has 28 heavy (non-hydrogen) atoms. The van der Waals surface area contributed by atoms with E-state index < -0.39 is 0 Å². The highest BCUT2D eigenvalue weighted by Crippen LogP contribution is 2.39. The Morgan fingerprint density at radius 1 is 1.32 bits per heavy atom. The summed E-state index contributed by atoms with van der Waals surface area (Å²) in [5.41, 5.74) is 1.11. The zero-order chi connectivity index (χ0) is 19.7. The Bertz CT molecular complexity index is 722. The molecule has 0 aromatic carbocycles. The normalized spacial score (nSPS) is 26.7. The van der Waals surface area contributed by atoms with Crippen molar-refractivity contribution in [3.63, 3.8) is 0 Å². The van der Waals surface area contributed by atoms with Crippen LogP contribution in [0.25, 0.3) is 0 Å². The molecule has 2 atom stereocenters. The molecule has 8 heteroatoms. The minimum absolute atomic E-state index is 0.0771. The molecule has 3 saturated heterocycles. The van der Waals surface area contributed by atoms with Gasteiger partial charge in [-0.2, -0.15) is 0 Å². The van der Waals surface area contributed by atoms with Crippen LogP contribution in [0.3, 0.4) is 0 Å². The number of aliphatic hydroxyl groups excluding tert-OH is 1. The van der Waals surface area contributed by atoms with Gasteiger partial charge in [-0.05, 0) is 18.1 Å². The molecule has 2 N–H and O–H groups in total. The summed E-state index contributed by atoms with van der Waals surface area (Å²) in [6.07, 6.45) is 4.41. The number of nitrogens with one attached hydrogen (secondary N) is 1. The van der Waals surface area contributed by atoms with E-state index in [4.69, 9.17) is 0 Å². The first-order valence-corrected chi connectivity index (χ1v) is 10.0. The molecule has 1 aromatic rings. The molecule has 8 nitrogen and oxygen atoms in total. The number of likely N-dealkylation sites (tertiary alicyclic amines) is 1. The second-order valence-corrected chi connectivity index (χ2v) is 8.43. The number of β-amino-alcohol motifs (C(OH)–C–C–N with tert-alkyl or cyclic N) is 1. The van der Waals surface area contributed by atoms with Crippen LogP contribution in [0.15, 0.2) is 24.5 Å². The molecule has 0 bridgehead atoms. The summed E-state index contributed by atoms with van der Waals surface area (Å²) in [7, 11) is 0. The van der Waals surface area contributed by atoms with Gasteiger partial charge in [0.25, 0.3) is 0 Å². The van der Waals surface area contributed by atoms with Crippen LogP contribution in [0.4, 0.5) is 0 Å². The molecule has 1 aromatic heterocycles. The average molecular weight is 387 g/mol. The second kappa shape index (κ2) is 7.77. The van der Waals surface area contributed by atoms with Gasteiger partial charge in [0.1, 0.15) is 0 Å².